The fourth-order valence-corrected chi connectivity index (χ4v) is 11.1. The normalized spacial score (nSPS) is 20.3. The van der Waals surface area contributed by atoms with Crippen LogP contribution in [0.2, 0.25) is 0 Å². The van der Waals surface area contributed by atoms with E-state index in [1.165, 1.54) is 117 Å². The molecule has 0 bridgehead atoms. The van der Waals surface area contributed by atoms with Crippen molar-refractivity contribution in [3.05, 3.63) is 0 Å². The van der Waals surface area contributed by atoms with E-state index in [1.54, 1.807) is 16.9 Å². The number of phosphoric ester groups is 1. The Hall–Kier alpha value is -5.36. The number of carboxylic acid groups (broad SMARTS) is 5. The number of hydrogen-bond acceptors (Lipinski definition) is 16. The zero-order valence-electron chi connectivity index (χ0n) is 52.5. The standard InChI is InChI=1S/C23H43NO3.C13H23NO3.C8H13NO4.C7H12NO7P.C7H11NO7S/c1-2-3-4-5-6-7-8-9-10-11-12-13-14-15-16-17-18-24-20-21(23(26)27)19-22(24)25;1-3-5-6-10(4-2)8-14-9-11(13(16)17)7-12(14)15;1-13-3-2-9-5-6(8(11)12)4-7(9)10;2*9-6-3-5(7(10)11)4-8(6)1-2-15-16(12,13)14/h21H,2-20H2,1H3,(H,26,27);10-11H,3-9H2,1-2H3,(H,16,17);6H,2-5H2,1H3,(H,11,12);5H,1-4H2,(H,10,11)(H2,12,13,14);5H,1-4H2,(H,10,11)(H,12,13,14). The molecule has 5 aliphatic heterocycles. The second-order valence-corrected chi connectivity index (χ2v) is 25.5. The number of nitrogens with zero attached hydrogens (tertiary/aromatic N) is 5. The van der Waals surface area contributed by atoms with Crippen LogP contribution in [0, 0.1) is 35.5 Å². The summed E-state index contributed by atoms with van der Waals surface area (Å²) >= 11 is 0. The van der Waals surface area contributed by atoms with Crippen molar-refractivity contribution >= 4 is 77.6 Å². The molecule has 5 fully saturated rings. The van der Waals surface area contributed by atoms with E-state index in [0.29, 0.717) is 38.7 Å². The molecule has 5 amide bonds. The predicted molar refractivity (Wildman–Crippen MR) is 322 cm³/mol. The molecule has 0 aromatic carbocycles. The van der Waals surface area contributed by atoms with Gasteiger partial charge in [0.15, 0.2) is 0 Å². The second-order valence-electron chi connectivity index (χ2n) is 23.1. The molecule has 0 radical (unpaired) electrons. The van der Waals surface area contributed by atoms with E-state index in [2.05, 4.69) is 29.5 Å². The number of hydrogen-bond donors (Lipinski definition) is 8. The molecule has 514 valence electrons. The largest absolute Gasteiger partial charge is 0.481 e. The van der Waals surface area contributed by atoms with E-state index in [4.69, 9.17) is 44.6 Å². The molecular weight excluding hydrogens is 1210 g/mol. The van der Waals surface area contributed by atoms with Gasteiger partial charge in [0.1, 0.15) is 0 Å². The minimum atomic E-state index is -4.53. The number of carbonyl (C=O) groups is 10. The summed E-state index contributed by atoms with van der Waals surface area (Å²) in [5, 5.41) is 43.9. The van der Waals surface area contributed by atoms with Crippen LogP contribution < -0.4 is 0 Å². The Bertz CT molecular complexity index is 2360. The van der Waals surface area contributed by atoms with Gasteiger partial charge in [0.05, 0.1) is 49.4 Å². The van der Waals surface area contributed by atoms with E-state index >= 15 is 0 Å². The number of amides is 5. The average molecular weight is 1320 g/mol. The summed E-state index contributed by atoms with van der Waals surface area (Å²) < 4.78 is 52.0. The SMILES string of the molecule is CCCCC(CC)CN1CC(C(=O)O)CC1=O.CCCCCCCCCCCCCCCCCCN1CC(C(=O)O)CC1=O.COCCN1CC(C(=O)O)CC1=O.O=C(O)C1CC(=O)N(CCOP(=O)(O)O)C1.O=C(O)C1CC(=O)N(CCOS(=O)(=O)O)C1. The lowest BCUT2D eigenvalue weighted by atomic mass is 9.99. The monoisotopic (exact) mass is 1320 g/mol. The molecule has 6 atom stereocenters. The summed E-state index contributed by atoms with van der Waals surface area (Å²) in [4.78, 5) is 135. The predicted octanol–water partition coefficient (Wildman–Crippen LogP) is 5.65. The van der Waals surface area contributed by atoms with Crippen molar-refractivity contribution in [3.63, 3.8) is 0 Å². The van der Waals surface area contributed by atoms with Crippen LogP contribution in [-0.4, -0.2) is 225 Å². The third-order valence-corrected chi connectivity index (χ3v) is 16.9. The molecule has 5 saturated heterocycles. The second kappa shape index (κ2) is 45.0. The first-order chi connectivity index (χ1) is 42.0. The summed E-state index contributed by atoms with van der Waals surface area (Å²) in [7, 11) is -7.50. The maximum atomic E-state index is 11.7. The maximum absolute atomic E-state index is 11.7. The minimum absolute atomic E-state index is 0.00680. The van der Waals surface area contributed by atoms with Crippen LogP contribution in [0.25, 0.3) is 0 Å². The van der Waals surface area contributed by atoms with E-state index in [1.807, 2.05) is 0 Å². The van der Waals surface area contributed by atoms with Crippen LogP contribution in [0.5, 0.6) is 0 Å². The van der Waals surface area contributed by atoms with Crippen molar-refractivity contribution < 1.29 is 114 Å². The number of methoxy groups -OCH3 is 1. The highest BCUT2D eigenvalue weighted by Crippen LogP contribution is 2.35. The molecule has 0 aliphatic carbocycles. The molecule has 5 aliphatic rings. The van der Waals surface area contributed by atoms with Crippen LogP contribution >= 0.6 is 7.82 Å². The molecular formula is C58H102N5O24PS. The van der Waals surface area contributed by atoms with Crippen LogP contribution in [0.15, 0.2) is 0 Å². The lowest BCUT2D eigenvalue weighted by Gasteiger charge is -2.22. The van der Waals surface area contributed by atoms with Crippen LogP contribution in [0.1, 0.15) is 181 Å². The van der Waals surface area contributed by atoms with Gasteiger partial charge < -0.3 is 64.6 Å². The molecule has 0 aromatic heterocycles. The zero-order chi connectivity index (χ0) is 67.1. The minimum Gasteiger partial charge on any atom is -0.481 e. The molecule has 5 rings (SSSR count). The summed E-state index contributed by atoms with van der Waals surface area (Å²) in [5.74, 6) is -7.98. The van der Waals surface area contributed by atoms with Crippen LogP contribution in [0.4, 0.5) is 0 Å². The number of unbranched alkanes of at least 4 members (excludes halogenated alkanes) is 16. The highest BCUT2D eigenvalue weighted by molar-refractivity contribution is 7.80. The average Bonchev–Trinajstić information content (AvgIpc) is 3.41. The fraction of sp³-hybridized carbons (Fsp3) is 0.828. The molecule has 0 saturated carbocycles. The Morgan fingerprint density at radius 3 is 1.04 bits per heavy atom. The number of aliphatic carboxylic acids is 5. The quantitative estimate of drug-likeness (QED) is 0.0209. The lowest BCUT2D eigenvalue weighted by molar-refractivity contribution is -0.142. The highest BCUT2D eigenvalue weighted by atomic mass is 32.3. The van der Waals surface area contributed by atoms with Crippen molar-refractivity contribution in [2.45, 2.75) is 181 Å². The van der Waals surface area contributed by atoms with E-state index in [0.717, 1.165) is 38.8 Å². The first-order valence-corrected chi connectivity index (χ1v) is 34.2. The molecule has 6 unspecified atom stereocenters. The molecule has 8 N–H and O–H groups in total. The van der Waals surface area contributed by atoms with E-state index in [-0.39, 0.29) is 94.4 Å². The third-order valence-electron chi connectivity index (χ3n) is 15.9. The first kappa shape index (κ1) is 81.7. The molecule has 29 nitrogen and oxygen atoms in total. The van der Waals surface area contributed by atoms with Crippen molar-refractivity contribution in [2.75, 3.05) is 92.4 Å². The molecule has 5 heterocycles. The number of carboxylic acids is 5. The smallest absolute Gasteiger partial charge is 0.469 e. The Balaban J connectivity index is 0.000000570. The zero-order valence-corrected chi connectivity index (χ0v) is 54.2. The highest BCUT2D eigenvalue weighted by Gasteiger charge is 2.38. The van der Waals surface area contributed by atoms with E-state index < -0.39 is 84.3 Å². The van der Waals surface area contributed by atoms with Crippen LogP contribution in [0.3, 0.4) is 0 Å². The topological polar surface area (TPSA) is 428 Å². The number of rotatable bonds is 39. The number of carbonyl (C=O) groups excluding carboxylic acids is 5. The third kappa shape index (κ3) is 36.9. The summed E-state index contributed by atoms with van der Waals surface area (Å²) in [6, 6.07) is 0. The number of likely N-dealkylation sites (tertiary alicyclic amines) is 5. The maximum Gasteiger partial charge on any atom is 0.469 e. The molecule has 31 heteroatoms. The van der Waals surface area contributed by atoms with Crippen molar-refractivity contribution in [1.82, 2.24) is 24.5 Å². The van der Waals surface area contributed by atoms with Gasteiger partial charge >= 0.3 is 48.1 Å². The lowest BCUT2D eigenvalue weighted by Crippen LogP contribution is -2.31. The van der Waals surface area contributed by atoms with Gasteiger partial charge in [0.25, 0.3) is 0 Å². The Labute approximate surface area is 523 Å². The fourth-order valence-electron chi connectivity index (χ4n) is 10.5. The van der Waals surface area contributed by atoms with Crippen molar-refractivity contribution in [2.24, 2.45) is 35.5 Å². The molecule has 0 aromatic rings. The summed E-state index contributed by atoms with van der Waals surface area (Å²) in [6.45, 7) is 9.40. The van der Waals surface area contributed by atoms with Gasteiger partial charge in [-0.25, -0.2) is 8.75 Å². The van der Waals surface area contributed by atoms with Gasteiger partial charge in [-0.1, -0.05) is 136 Å². The number of ether oxygens (including phenoxy) is 1. The Kier molecular flexibility index (Phi) is 41.3. The van der Waals surface area contributed by atoms with E-state index in [9.17, 15) is 60.9 Å². The van der Waals surface area contributed by atoms with Gasteiger partial charge in [-0.2, -0.15) is 8.42 Å². The number of phosphoric acid groups is 1. The van der Waals surface area contributed by atoms with Gasteiger partial charge in [0, 0.05) is 105 Å². The summed E-state index contributed by atoms with van der Waals surface area (Å²) in [6.07, 6.45) is 26.3. The van der Waals surface area contributed by atoms with Gasteiger partial charge in [0.2, 0.25) is 29.5 Å². The Morgan fingerprint density at radius 1 is 0.461 bits per heavy atom. The molecule has 89 heavy (non-hydrogen) atoms. The molecule has 0 spiro atoms. The Morgan fingerprint density at radius 2 is 0.753 bits per heavy atom. The van der Waals surface area contributed by atoms with Gasteiger partial charge in [-0.15, -0.1) is 0 Å². The van der Waals surface area contributed by atoms with Crippen molar-refractivity contribution in [1.29, 1.82) is 0 Å². The summed E-state index contributed by atoms with van der Waals surface area (Å²) in [5.41, 5.74) is 0. The van der Waals surface area contributed by atoms with Crippen LogP contribution in [-0.2, 0) is 76.4 Å². The van der Waals surface area contributed by atoms with Gasteiger partial charge in [-0.05, 0) is 18.8 Å². The van der Waals surface area contributed by atoms with Gasteiger partial charge in [-0.3, -0.25) is 57.0 Å². The van der Waals surface area contributed by atoms with Crippen molar-refractivity contribution in [3.8, 4) is 0 Å². The first-order valence-electron chi connectivity index (χ1n) is 31.3.